The van der Waals surface area contributed by atoms with Crippen molar-refractivity contribution in [2.24, 2.45) is 0 Å². The Morgan fingerprint density at radius 1 is 0.407 bits per heavy atom. The molecule has 2 heteroatoms. The van der Waals surface area contributed by atoms with E-state index >= 15 is 0 Å². The van der Waals surface area contributed by atoms with Crippen LogP contribution >= 0.6 is 0 Å². The van der Waals surface area contributed by atoms with Gasteiger partial charge >= 0.3 is 0 Å². The van der Waals surface area contributed by atoms with Crippen LogP contribution in [0.1, 0.15) is 11.1 Å². The van der Waals surface area contributed by atoms with Crippen LogP contribution in [0.2, 0.25) is 0 Å². The van der Waals surface area contributed by atoms with E-state index in [2.05, 4.69) is 182 Å². The van der Waals surface area contributed by atoms with E-state index in [-0.39, 0.29) is 0 Å². The minimum Gasteiger partial charge on any atom is -0.355 e. The third kappa shape index (κ3) is 6.93. The molecular formula is C52H40N2. The van der Waals surface area contributed by atoms with Crippen LogP contribution in [0.3, 0.4) is 0 Å². The Hall–Kier alpha value is -7.03. The first-order valence-corrected chi connectivity index (χ1v) is 18.3. The van der Waals surface area contributed by atoms with E-state index in [9.17, 15) is 0 Å². The lowest BCUT2D eigenvalue weighted by molar-refractivity contribution is 1.47. The number of aromatic amines is 1. The van der Waals surface area contributed by atoms with Gasteiger partial charge < -0.3 is 10.4 Å². The average Bonchev–Trinajstić information content (AvgIpc) is 3.63. The van der Waals surface area contributed by atoms with E-state index in [1.165, 1.54) is 88.0 Å². The highest BCUT2D eigenvalue weighted by Crippen LogP contribution is 2.37. The topological polar surface area (TPSA) is 39.6 Å². The molecule has 0 spiro atoms. The minimum absolute atomic E-state index is 0.473. The van der Waals surface area contributed by atoms with Crippen molar-refractivity contribution in [3.05, 3.63) is 218 Å². The molecule has 10 rings (SSSR count). The molecule has 9 aromatic carbocycles. The molecule has 0 saturated heterocycles. The fourth-order valence-corrected chi connectivity index (χ4v) is 7.32. The third-order valence-electron chi connectivity index (χ3n) is 9.99. The molecule has 10 aromatic rings. The molecule has 0 bridgehead atoms. The van der Waals surface area contributed by atoms with Gasteiger partial charge in [0.1, 0.15) is 0 Å². The number of nitrogens with one attached hydrogen (secondary N) is 2. The van der Waals surface area contributed by atoms with E-state index < -0.39 is 0 Å². The summed E-state index contributed by atoms with van der Waals surface area (Å²) in [7, 11) is 0. The van der Waals surface area contributed by atoms with Gasteiger partial charge in [-0.3, -0.25) is 0 Å². The molecule has 2 N–H and O–H groups in total. The summed E-state index contributed by atoms with van der Waals surface area (Å²) < 4.78 is 0. The maximum absolute atomic E-state index is 7.36. The monoisotopic (exact) mass is 692 g/mol. The van der Waals surface area contributed by atoms with Gasteiger partial charge in [0, 0.05) is 21.8 Å². The van der Waals surface area contributed by atoms with Gasteiger partial charge in [0.05, 0.1) is 5.71 Å². The number of aromatic nitrogens is 1. The largest absolute Gasteiger partial charge is 0.355 e. The van der Waals surface area contributed by atoms with Gasteiger partial charge in [0.15, 0.2) is 0 Å². The van der Waals surface area contributed by atoms with Crippen molar-refractivity contribution in [3.63, 3.8) is 0 Å². The summed E-state index contributed by atoms with van der Waals surface area (Å²) in [6.45, 7) is 5.66. The summed E-state index contributed by atoms with van der Waals surface area (Å²) >= 11 is 0. The number of para-hydroxylation sites is 2. The normalized spacial score (nSPS) is 10.8. The van der Waals surface area contributed by atoms with E-state index in [0.29, 0.717) is 5.71 Å². The van der Waals surface area contributed by atoms with Crippen LogP contribution in [-0.4, -0.2) is 10.7 Å². The van der Waals surface area contributed by atoms with Crippen molar-refractivity contribution in [3.8, 4) is 22.3 Å². The second-order valence-electron chi connectivity index (χ2n) is 13.5. The first-order valence-electron chi connectivity index (χ1n) is 18.3. The first-order chi connectivity index (χ1) is 26.6. The van der Waals surface area contributed by atoms with E-state index in [1.807, 2.05) is 30.3 Å². The molecule has 0 unspecified atom stereocenters. The molecule has 1 heterocycles. The van der Waals surface area contributed by atoms with Crippen molar-refractivity contribution < 1.29 is 0 Å². The lowest BCUT2D eigenvalue weighted by Gasteiger charge is -2.12. The third-order valence-corrected chi connectivity index (χ3v) is 9.99. The Labute approximate surface area is 316 Å². The predicted molar refractivity (Wildman–Crippen MR) is 234 cm³/mol. The van der Waals surface area contributed by atoms with Crippen molar-refractivity contribution in [2.45, 2.75) is 6.92 Å². The summed E-state index contributed by atoms with van der Waals surface area (Å²) in [5.41, 5.74) is 10.1. The molecule has 0 amide bonds. The number of aryl methyl sites for hydroxylation is 1. The SMILES string of the molecule is C=CC(=N)c1ccccc1.Cc1cccc(-c2cccc(-c3ccc4c5ccccc5c5ccccc5c4c3)c2)c1.c1ccc2c(c1)[nH]c1ccccc12. The summed E-state index contributed by atoms with van der Waals surface area (Å²) in [6, 6.07) is 68.3. The van der Waals surface area contributed by atoms with Crippen LogP contribution in [0.5, 0.6) is 0 Å². The van der Waals surface area contributed by atoms with Gasteiger partial charge in [-0.05, 0) is 97.4 Å². The molecule has 0 radical (unpaired) electrons. The van der Waals surface area contributed by atoms with E-state index in [4.69, 9.17) is 5.41 Å². The molecule has 1 aromatic heterocycles. The van der Waals surface area contributed by atoms with Gasteiger partial charge in [-0.2, -0.15) is 0 Å². The van der Waals surface area contributed by atoms with Crippen LogP contribution in [0.25, 0.3) is 76.4 Å². The summed E-state index contributed by atoms with van der Waals surface area (Å²) in [5.74, 6) is 0. The molecule has 0 aliphatic carbocycles. The Bertz CT molecular complexity index is 2850. The molecule has 54 heavy (non-hydrogen) atoms. The number of hydrogen-bond acceptors (Lipinski definition) is 1. The van der Waals surface area contributed by atoms with Crippen LogP contribution in [0.15, 0.2) is 207 Å². The van der Waals surface area contributed by atoms with Crippen molar-refractivity contribution in [1.82, 2.24) is 4.98 Å². The van der Waals surface area contributed by atoms with Crippen molar-refractivity contribution >= 4 is 59.8 Å². The Morgan fingerprint density at radius 2 is 0.833 bits per heavy atom. The quantitative estimate of drug-likeness (QED) is 0.136. The van der Waals surface area contributed by atoms with Crippen LogP contribution < -0.4 is 0 Å². The van der Waals surface area contributed by atoms with Gasteiger partial charge in [-0.25, -0.2) is 0 Å². The maximum atomic E-state index is 7.36. The second-order valence-corrected chi connectivity index (χ2v) is 13.5. The molecule has 0 aliphatic heterocycles. The average molecular weight is 693 g/mol. The number of rotatable bonds is 4. The Balaban J connectivity index is 0.000000146. The minimum atomic E-state index is 0.473. The zero-order valence-corrected chi connectivity index (χ0v) is 30.3. The highest BCUT2D eigenvalue weighted by molar-refractivity contribution is 6.25. The fraction of sp³-hybridized carbons (Fsp3) is 0.0192. The molecule has 2 nitrogen and oxygen atoms in total. The zero-order valence-electron chi connectivity index (χ0n) is 30.3. The summed E-state index contributed by atoms with van der Waals surface area (Å²) in [4.78, 5) is 3.38. The van der Waals surface area contributed by atoms with Gasteiger partial charge in [-0.1, -0.05) is 182 Å². The number of hydrogen-bond donors (Lipinski definition) is 2. The van der Waals surface area contributed by atoms with Crippen molar-refractivity contribution in [2.75, 3.05) is 0 Å². The Kier molecular flexibility index (Phi) is 9.65. The molecule has 0 saturated carbocycles. The smallest absolute Gasteiger partial charge is 0.0606 e. The molecule has 0 aliphatic rings. The Morgan fingerprint density at radius 3 is 1.37 bits per heavy atom. The first kappa shape index (κ1) is 34.1. The van der Waals surface area contributed by atoms with Gasteiger partial charge in [0.2, 0.25) is 0 Å². The van der Waals surface area contributed by atoms with E-state index in [0.717, 1.165) is 5.56 Å². The maximum Gasteiger partial charge on any atom is 0.0606 e. The van der Waals surface area contributed by atoms with E-state index in [1.54, 1.807) is 0 Å². The number of fused-ring (bicyclic) bond motifs is 9. The van der Waals surface area contributed by atoms with Crippen LogP contribution in [-0.2, 0) is 0 Å². The fourth-order valence-electron chi connectivity index (χ4n) is 7.32. The van der Waals surface area contributed by atoms with Crippen LogP contribution in [0, 0.1) is 12.3 Å². The second kappa shape index (κ2) is 15.3. The zero-order chi connectivity index (χ0) is 36.9. The molecule has 258 valence electrons. The van der Waals surface area contributed by atoms with Gasteiger partial charge in [0.25, 0.3) is 0 Å². The lowest BCUT2D eigenvalue weighted by atomic mass is 9.91. The van der Waals surface area contributed by atoms with Crippen molar-refractivity contribution in [1.29, 1.82) is 5.41 Å². The summed E-state index contributed by atoms with van der Waals surface area (Å²) in [6.07, 6.45) is 1.54. The molecule has 0 atom stereocenters. The number of benzene rings is 9. The lowest BCUT2D eigenvalue weighted by Crippen LogP contribution is -1.91. The predicted octanol–water partition coefficient (Wildman–Crippen LogP) is 14.4. The van der Waals surface area contributed by atoms with Gasteiger partial charge in [-0.15, -0.1) is 0 Å². The highest BCUT2D eigenvalue weighted by Gasteiger charge is 2.10. The number of H-pyrrole nitrogens is 1. The summed E-state index contributed by atoms with van der Waals surface area (Å²) in [5, 5.41) is 17.9. The number of allylic oxidation sites excluding steroid dienone is 1. The molecule has 0 fully saturated rings. The van der Waals surface area contributed by atoms with Crippen LogP contribution in [0.4, 0.5) is 0 Å². The highest BCUT2D eigenvalue weighted by atomic mass is 14.7. The standard InChI is InChI=1S/C31H22.C12H9N.C9H9N/c1-21-8-6-9-22(18-21)23-10-7-11-24(19-23)25-16-17-30-28-14-3-2-12-26(28)27-13-4-5-15-29(27)31(30)20-25;1-3-7-11-9(5-1)10-6-2-4-8-12(10)13-11;1-2-9(10)8-6-4-3-5-7-8/h2-20H,1H3;1-8,13H;2-7,10H,1H2. The molecular weight excluding hydrogens is 653 g/mol.